The van der Waals surface area contributed by atoms with E-state index in [2.05, 4.69) is 15.9 Å². The summed E-state index contributed by atoms with van der Waals surface area (Å²) in [6, 6.07) is 17.6. The largest absolute Gasteiger partial charge is 0.497 e. The number of carbonyl (C=O) groups excluding carboxylic acids is 1. The first-order chi connectivity index (χ1) is 12.8. The summed E-state index contributed by atoms with van der Waals surface area (Å²) in [5, 5.41) is 1.79. The van der Waals surface area contributed by atoms with E-state index in [0.29, 0.717) is 17.1 Å². The van der Waals surface area contributed by atoms with Crippen molar-refractivity contribution in [3.8, 4) is 11.5 Å². The zero-order chi connectivity index (χ0) is 19.4. The van der Waals surface area contributed by atoms with E-state index in [4.69, 9.17) is 9.47 Å². The van der Waals surface area contributed by atoms with Gasteiger partial charge in [0.2, 0.25) is 0 Å². The zero-order valence-electron chi connectivity index (χ0n) is 14.5. The Hall–Kier alpha value is -2.38. The molecule has 0 amide bonds. The smallest absolute Gasteiger partial charge is 0.326 e. The summed E-state index contributed by atoms with van der Waals surface area (Å²) < 4.78 is 35.7. The maximum atomic E-state index is 12.3. The number of hydrogen-bond donors (Lipinski definition) is 0. The van der Waals surface area contributed by atoms with Crippen LogP contribution in [-0.2, 0) is 20.4 Å². The van der Waals surface area contributed by atoms with Gasteiger partial charge in [0.05, 0.1) is 12.9 Å². The molecule has 7 heteroatoms. The Morgan fingerprint density at radius 2 is 1.67 bits per heavy atom. The maximum absolute atomic E-state index is 12.3. The van der Waals surface area contributed by atoms with Crippen LogP contribution in [0.25, 0.3) is 10.8 Å². The van der Waals surface area contributed by atoms with Gasteiger partial charge in [-0.3, -0.25) is 4.79 Å². The summed E-state index contributed by atoms with van der Waals surface area (Å²) in [7, 11) is -2.07. The van der Waals surface area contributed by atoms with Gasteiger partial charge in [0.1, 0.15) is 17.3 Å². The Labute approximate surface area is 166 Å². The van der Waals surface area contributed by atoms with E-state index in [-0.39, 0.29) is 5.75 Å². The summed E-state index contributed by atoms with van der Waals surface area (Å²) >= 11 is 3.30. The number of benzene rings is 3. The minimum absolute atomic E-state index is 0.226. The standard InChI is InChI=1S/C20H17BrO5S/c1-25-18-7-5-15-6-8-19(11-16(15)10-18)26-20(22)13-27(23,24)12-14-3-2-4-17(21)9-14/h2-11H,12-13H2,1H3. The number of carbonyl (C=O) groups is 1. The van der Waals surface area contributed by atoms with Crippen LogP contribution in [0.15, 0.2) is 65.1 Å². The highest BCUT2D eigenvalue weighted by Gasteiger charge is 2.19. The van der Waals surface area contributed by atoms with Gasteiger partial charge >= 0.3 is 5.97 Å². The molecule has 0 N–H and O–H groups in total. The van der Waals surface area contributed by atoms with Crippen LogP contribution >= 0.6 is 15.9 Å². The van der Waals surface area contributed by atoms with E-state index in [1.807, 2.05) is 18.2 Å². The van der Waals surface area contributed by atoms with Crippen molar-refractivity contribution >= 4 is 42.5 Å². The second kappa shape index (κ2) is 8.10. The number of hydrogen-bond acceptors (Lipinski definition) is 5. The number of ether oxygens (including phenoxy) is 2. The number of sulfone groups is 1. The van der Waals surface area contributed by atoms with Gasteiger partial charge in [-0.05, 0) is 52.7 Å². The summed E-state index contributed by atoms with van der Waals surface area (Å²) in [6.07, 6.45) is 0. The van der Waals surface area contributed by atoms with Crippen LogP contribution < -0.4 is 9.47 Å². The predicted octanol–water partition coefficient (Wildman–Crippen LogP) is 4.13. The van der Waals surface area contributed by atoms with Crippen molar-refractivity contribution in [2.24, 2.45) is 0 Å². The van der Waals surface area contributed by atoms with Crippen LogP contribution in [0, 0.1) is 0 Å². The van der Waals surface area contributed by atoms with Crippen molar-refractivity contribution in [2.45, 2.75) is 5.75 Å². The molecule has 0 unspecified atom stereocenters. The molecule has 5 nitrogen and oxygen atoms in total. The molecular formula is C20H17BrO5S. The first-order valence-corrected chi connectivity index (χ1v) is 10.7. The van der Waals surface area contributed by atoms with Crippen LogP contribution in [-0.4, -0.2) is 27.2 Å². The molecule has 27 heavy (non-hydrogen) atoms. The molecule has 0 saturated carbocycles. The molecule has 0 aliphatic rings. The normalized spacial score (nSPS) is 11.3. The number of rotatable bonds is 6. The SMILES string of the molecule is COc1ccc2ccc(OC(=O)CS(=O)(=O)Cc3cccc(Br)c3)cc2c1. The molecule has 0 saturated heterocycles. The molecule has 0 heterocycles. The topological polar surface area (TPSA) is 69.7 Å². The Bertz CT molecular complexity index is 1090. The lowest BCUT2D eigenvalue weighted by molar-refractivity contribution is -0.131. The Morgan fingerprint density at radius 1 is 0.963 bits per heavy atom. The van der Waals surface area contributed by atoms with E-state index >= 15 is 0 Å². The highest BCUT2D eigenvalue weighted by Crippen LogP contribution is 2.25. The van der Waals surface area contributed by atoms with E-state index in [1.165, 1.54) is 0 Å². The summed E-state index contributed by atoms with van der Waals surface area (Å²) in [4.78, 5) is 12.1. The number of fused-ring (bicyclic) bond motifs is 1. The van der Waals surface area contributed by atoms with Crippen molar-refractivity contribution in [3.63, 3.8) is 0 Å². The van der Waals surface area contributed by atoms with Gasteiger partial charge in [0.15, 0.2) is 9.84 Å². The van der Waals surface area contributed by atoms with Crippen LogP contribution in [0.5, 0.6) is 11.5 Å². The molecule has 3 aromatic rings. The highest BCUT2D eigenvalue weighted by molar-refractivity contribution is 9.10. The number of halogens is 1. The molecule has 3 aromatic carbocycles. The second-order valence-electron chi connectivity index (χ2n) is 6.01. The predicted molar refractivity (Wildman–Crippen MR) is 108 cm³/mol. The molecule has 0 spiro atoms. The van der Waals surface area contributed by atoms with E-state index in [1.54, 1.807) is 49.6 Å². The third kappa shape index (κ3) is 5.30. The third-order valence-electron chi connectivity index (χ3n) is 3.86. The Kier molecular flexibility index (Phi) is 5.82. The highest BCUT2D eigenvalue weighted by atomic mass is 79.9. The number of methoxy groups -OCH3 is 1. The van der Waals surface area contributed by atoms with Crippen LogP contribution in [0.2, 0.25) is 0 Å². The minimum atomic E-state index is -3.64. The molecule has 0 atom stereocenters. The van der Waals surface area contributed by atoms with E-state index in [0.717, 1.165) is 15.2 Å². The fourth-order valence-electron chi connectivity index (χ4n) is 2.67. The van der Waals surface area contributed by atoms with Gasteiger partial charge in [-0.15, -0.1) is 0 Å². The third-order valence-corrected chi connectivity index (χ3v) is 5.81. The lowest BCUT2D eigenvalue weighted by Crippen LogP contribution is -2.22. The minimum Gasteiger partial charge on any atom is -0.497 e. The Morgan fingerprint density at radius 3 is 2.37 bits per heavy atom. The van der Waals surface area contributed by atoms with Gasteiger partial charge in [0.25, 0.3) is 0 Å². The fourth-order valence-corrected chi connectivity index (χ4v) is 4.32. The monoisotopic (exact) mass is 448 g/mol. The van der Waals surface area contributed by atoms with Gasteiger partial charge in [-0.25, -0.2) is 8.42 Å². The molecule has 3 rings (SSSR count). The molecule has 140 valence electrons. The average molecular weight is 449 g/mol. The van der Waals surface area contributed by atoms with Crippen LogP contribution in [0.1, 0.15) is 5.56 Å². The fraction of sp³-hybridized carbons (Fsp3) is 0.150. The van der Waals surface area contributed by atoms with E-state index in [9.17, 15) is 13.2 Å². The second-order valence-corrected chi connectivity index (χ2v) is 8.99. The van der Waals surface area contributed by atoms with Gasteiger partial charge < -0.3 is 9.47 Å². The van der Waals surface area contributed by atoms with Crippen molar-refractivity contribution < 1.29 is 22.7 Å². The van der Waals surface area contributed by atoms with Crippen molar-refractivity contribution in [1.29, 1.82) is 0 Å². The summed E-state index contributed by atoms with van der Waals surface area (Å²) in [5.74, 6) is -0.750. The van der Waals surface area contributed by atoms with Crippen LogP contribution in [0.3, 0.4) is 0 Å². The summed E-state index contributed by atoms with van der Waals surface area (Å²) in [6.45, 7) is 0. The Balaban J connectivity index is 1.70. The van der Waals surface area contributed by atoms with Crippen molar-refractivity contribution in [2.75, 3.05) is 12.9 Å². The maximum Gasteiger partial charge on any atom is 0.326 e. The number of esters is 1. The summed E-state index contributed by atoms with van der Waals surface area (Å²) in [5.41, 5.74) is 0.606. The van der Waals surface area contributed by atoms with Crippen LogP contribution in [0.4, 0.5) is 0 Å². The molecule has 0 fully saturated rings. The van der Waals surface area contributed by atoms with E-state index < -0.39 is 21.6 Å². The average Bonchev–Trinajstić information content (AvgIpc) is 2.60. The van der Waals surface area contributed by atoms with Crippen molar-refractivity contribution in [3.05, 3.63) is 70.7 Å². The molecule has 0 aliphatic heterocycles. The first kappa shape index (κ1) is 19.4. The zero-order valence-corrected chi connectivity index (χ0v) is 16.9. The molecule has 0 aromatic heterocycles. The van der Waals surface area contributed by atoms with Gasteiger partial charge in [-0.2, -0.15) is 0 Å². The van der Waals surface area contributed by atoms with Gasteiger partial charge in [-0.1, -0.05) is 40.2 Å². The molecule has 0 aliphatic carbocycles. The lowest BCUT2D eigenvalue weighted by atomic mass is 10.1. The molecular weight excluding hydrogens is 432 g/mol. The first-order valence-electron chi connectivity index (χ1n) is 8.08. The lowest BCUT2D eigenvalue weighted by Gasteiger charge is -2.08. The van der Waals surface area contributed by atoms with Crippen molar-refractivity contribution in [1.82, 2.24) is 0 Å². The molecule has 0 bridgehead atoms. The molecule has 0 radical (unpaired) electrons. The van der Waals surface area contributed by atoms with Gasteiger partial charge in [0, 0.05) is 4.47 Å². The quantitative estimate of drug-likeness (QED) is 0.418.